The lowest BCUT2D eigenvalue weighted by Crippen LogP contribution is -2.33. The maximum atomic E-state index is 12.0. The predicted molar refractivity (Wildman–Crippen MR) is 83.1 cm³/mol. The lowest BCUT2D eigenvalue weighted by molar-refractivity contribution is -0.128. The van der Waals surface area contributed by atoms with Crippen LogP contribution < -0.4 is 14.8 Å². The highest BCUT2D eigenvalue weighted by atomic mass is 16.5. The predicted octanol–water partition coefficient (Wildman–Crippen LogP) is 2.52. The molecule has 0 aromatic heterocycles. The number of hydrogen-bond acceptors (Lipinski definition) is 4. The van der Waals surface area contributed by atoms with E-state index in [4.69, 9.17) is 9.47 Å². The van der Waals surface area contributed by atoms with Gasteiger partial charge in [0.05, 0.1) is 19.8 Å². The van der Waals surface area contributed by atoms with Gasteiger partial charge in [-0.25, -0.2) is 0 Å². The Morgan fingerprint density at radius 1 is 1.24 bits per heavy atom. The van der Waals surface area contributed by atoms with Gasteiger partial charge in [0.1, 0.15) is 0 Å². The van der Waals surface area contributed by atoms with E-state index in [-0.39, 0.29) is 5.91 Å². The summed E-state index contributed by atoms with van der Waals surface area (Å²) in [6, 6.07) is 6.08. The fraction of sp³-hybridized carbons (Fsp3) is 0.562. The Kier molecular flexibility index (Phi) is 5.31. The van der Waals surface area contributed by atoms with Crippen LogP contribution in [0.3, 0.4) is 0 Å². The van der Waals surface area contributed by atoms with Crippen LogP contribution in [0.1, 0.15) is 26.7 Å². The molecule has 1 aliphatic carbocycles. The summed E-state index contributed by atoms with van der Waals surface area (Å²) in [6.45, 7) is 5.34. The molecule has 0 radical (unpaired) electrons. The van der Waals surface area contributed by atoms with E-state index in [2.05, 4.69) is 5.32 Å². The first kappa shape index (κ1) is 15.5. The number of nitrogens with one attached hydrogen (secondary N) is 1. The molecule has 0 bridgehead atoms. The van der Waals surface area contributed by atoms with Crippen molar-refractivity contribution in [3.8, 4) is 11.5 Å². The normalized spacial score (nSPS) is 13.7. The number of likely N-dealkylation sites (N-methyl/N-ethyl adjacent to an activating group) is 1. The molecule has 0 unspecified atom stereocenters. The molecule has 1 fully saturated rings. The molecule has 1 N–H and O–H groups in total. The van der Waals surface area contributed by atoms with Crippen LogP contribution in [0.5, 0.6) is 11.5 Å². The van der Waals surface area contributed by atoms with Gasteiger partial charge in [-0.3, -0.25) is 4.79 Å². The van der Waals surface area contributed by atoms with Crippen LogP contribution in [0, 0.1) is 0 Å². The summed E-state index contributed by atoms with van der Waals surface area (Å²) >= 11 is 0. The van der Waals surface area contributed by atoms with Crippen LogP contribution in [-0.2, 0) is 4.79 Å². The Morgan fingerprint density at radius 2 is 1.90 bits per heavy atom. The number of amides is 1. The maximum absolute atomic E-state index is 12.0. The zero-order valence-corrected chi connectivity index (χ0v) is 13.0. The van der Waals surface area contributed by atoms with Gasteiger partial charge in [-0.2, -0.15) is 0 Å². The molecule has 5 heteroatoms. The number of benzene rings is 1. The van der Waals surface area contributed by atoms with E-state index in [1.54, 1.807) is 0 Å². The molecule has 1 aliphatic rings. The Balaban J connectivity index is 1.95. The summed E-state index contributed by atoms with van der Waals surface area (Å²) in [7, 11) is 1.87. The minimum atomic E-state index is 0.115. The first-order valence-corrected chi connectivity index (χ1v) is 7.54. The smallest absolute Gasteiger partial charge is 0.241 e. The summed E-state index contributed by atoms with van der Waals surface area (Å²) in [5.74, 6) is 1.54. The molecule has 116 valence electrons. The molecular formula is C16H24N2O3. The molecule has 0 spiro atoms. The van der Waals surface area contributed by atoms with Crippen molar-refractivity contribution in [2.75, 3.05) is 32.1 Å². The van der Waals surface area contributed by atoms with Crippen LogP contribution in [0.25, 0.3) is 0 Å². The van der Waals surface area contributed by atoms with Gasteiger partial charge in [-0.05, 0) is 38.8 Å². The molecule has 0 saturated heterocycles. The molecule has 21 heavy (non-hydrogen) atoms. The Morgan fingerprint density at radius 3 is 2.52 bits per heavy atom. The molecule has 1 aromatic rings. The van der Waals surface area contributed by atoms with Crippen LogP contribution in [0.2, 0.25) is 0 Å². The fourth-order valence-corrected chi connectivity index (χ4v) is 2.13. The van der Waals surface area contributed by atoms with Crippen molar-refractivity contribution in [2.24, 2.45) is 0 Å². The van der Waals surface area contributed by atoms with Gasteiger partial charge in [0.25, 0.3) is 0 Å². The topological polar surface area (TPSA) is 50.8 Å². The molecular weight excluding hydrogens is 268 g/mol. The van der Waals surface area contributed by atoms with Crippen molar-refractivity contribution in [3.63, 3.8) is 0 Å². The lowest BCUT2D eigenvalue weighted by atomic mass is 10.2. The molecule has 5 nitrogen and oxygen atoms in total. The highest BCUT2D eigenvalue weighted by Gasteiger charge is 2.29. The highest BCUT2D eigenvalue weighted by molar-refractivity contribution is 5.81. The molecule has 1 saturated carbocycles. The van der Waals surface area contributed by atoms with Gasteiger partial charge in [0.15, 0.2) is 11.5 Å². The van der Waals surface area contributed by atoms with Crippen LogP contribution >= 0.6 is 0 Å². The lowest BCUT2D eigenvalue weighted by Gasteiger charge is -2.17. The summed E-state index contributed by atoms with van der Waals surface area (Å²) in [5, 5.41) is 3.15. The van der Waals surface area contributed by atoms with E-state index in [0.717, 1.165) is 24.3 Å². The van der Waals surface area contributed by atoms with E-state index in [9.17, 15) is 4.79 Å². The first-order chi connectivity index (χ1) is 10.2. The second kappa shape index (κ2) is 7.20. The van der Waals surface area contributed by atoms with Gasteiger partial charge < -0.3 is 19.7 Å². The zero-order valence-electron chi connectivity index (χ0n) is 13.0. The van der Waals surface area contributed by atoms with Crippen LogP contribution in [0.15, 0.2) is 18.2 Å². The standard InChI is InChI=1S/C16H24N2O3/c1-4-20-14-9-6-12(10-15(14)21-5-2)17-11-16(19)18(3)13-7-8-13/h6,9-10,13,17H,4-5,7-8,11H2,1-3H3. The summed E-state index contributed by atoms with van der Waals surface area (Å²) in [4.78, 5) is 13.8. The largest absolute Gasteiger partial charge is 0.490 e. The minimum absolute atomic E-state index is 0.115. The monoisotopic (exact) mass is 292 g/mol. The molecule has 0 atom stereocenters. The third-order valence-electron chi connectivity index (χ3n) is 3.48. The number of hydrogen-bond donors (Lipinski definition) is 1. The molecule has 1 amide bonds. The second-order valence-corrected chi connectivity index (χ2v) is 5.12. The zero-order chi connectivity index (χ0) is 15.2. The number of carbonyl (C=O) groups excluding carboxylic acids is 1. The van der Waals surface area contributed by atoms with Gasteiger partial charge in [-0.15, -0.1) is 0 Å². The summed E-state index contributed by atoms with van der Waals surface area (Å²) < 4.78 is 11.1. The van der Waals surface area contributed by atoms with E-state index in [1.807, 2.05) is 44.0 Å². The number of rotatable bonds is 8. The quantitative estimate of drug-likeness (QED) is 0.800. The van der Waals surface area contributed by atoms with E-state index >= 15 is 0 Å². The van der Waals surface area contributed by atoms with Gasteiger partial charge in [-0.1, -0.05) is 0 Å². The number of carbonyl (C=O) groups is 1. The summed E-state index contributed by atoms with van der Waals surface area (Å²) in [5.41, 5.74) is 0.861. The van der Waals surface area contributed by atoms with Crippen molar-refractivity contribution in [3.05, 3.63) is 18.2 Å². The van der Waals surface area contributed by atoms with E-state index in [1.165, 1.54) is 0 Å². The van der Waals surface area contributed by atoms with Crippen molar-refractivity contribution in [1.82, 2.24) is 4.90 Å². The average Bonchev–Trinajstić information content (AvgIpc) is 3.31. The van der Waals surface area contributed by atoms with Crippen LogP contribution in [0.4, 0.5) is 5.69 Å². The van der Waals surface area contributed by atoms with Crippen molar-refractivity contribution >= 4 is 11.6 Å². The molecule has 2 rings (SSSR count). The summed E-state index contributed by atoms with van der Waals surface area (Å²) in [6.07, 6.45) is 2.25. The highest BCUT2D eigenvalue weighted by Crippen LogP contribution is 2.30. The SMILES string of the molecule is CCOc1ccc(NCC(=O)N(C)C2CC2)cc1OCC. The molecule has 0 heterocycles. The Labute approximate surface area is 126 Å². The molecule has 1 aromatic carbocycles. The third kappa shape index (κ3) is 4.28. The Hall–Kier alpha value is -1.91. The fourth-order valence-electron chi connectivity index (χ4n) is 2.13. The van der Waals surface area contributed by atoms with Gasteiger partial charge in [0, 0.05) is 24.8 Å². The third-order valence-corrected chi connectivity index (χ3v) is 3.48. The van der Waals surface area contributed by atoms with Crippen molar-refractivity contribution < 1.29 is 14.3 Å². The molecule has 0 aliphatic heterocycles. The second-order valence-electron chi connectivity index (χ2n) is 5.12. The van der Waals surface area contributed by atoms with E-state index in [0.29, 0.717) is 31.5 Å². The number of ether oxygens (including phenoxy) is 2. The minimum Gasteiger partial charge on any atom is -0.490 e. The Bertz CT molecular complexity index is 486. The average molecular weight is 292 g/mol. The van der Waals surface area contributed by atoms with Gasteiger partial charge in [0.2, 0.25) is 5.91 Å². The van der Waals surface area contributed by atoms with Crippen molar-refractivity contribution in [2.45, 2.75) is 32.7 Å². The van der Waals surface area contributed by atoms with Crippen LogP contribution in [-0.4, -0.2) is 43.7 Å². The first-order valence-electron chi connectivity index (χ1n) is 7.54. The van der Waals surface area contributed by atoms with Crippen molar-refractivity contribution in [1.29, 1.82) is 0 Å². The van der Waals surface area contributed by atoms with E-state index < -0.39 is 0 Å². The number of anilines is 1. The van der Waals surface area contributed by atoms with Gasteiger partial charge >= 0.3 is 0 Å². The number of nitrogens with zero attached hydrogens (tertiary/aromatic N) is 1. The maximum Gasteiger partial charge on any atom is 0.241 e.